The molecule has 0 N–H and O–H groups in total. The first-order chi connectivity index (χ1) is 15.8. The highest BCUT2D eigenvalue weighted by molar-refractivity contribution is 5.94. The fraction of sp³-hybridized carbons (Fsp3) is 0.269. The van der Waals surface area contributed by atoms with Crippen LogP contribution in [-0.2, 0) is 17.7 Å². The van der Waals surface area contributed by atoms with Gasteiger partial charge in [0.15, 0.2) is 0 Å². The van der Waals surface area contributed by atoms with Gasteiger partial charge in [0.25, 0.3) is 5.91 Å². The highest BCUT2D eigenvalue weighted by Gasteiger charge is 2.24. The van der Waals surface area contributed by atoms with Crippen molar-refractivity contribution < 1.29 is 9.53 Å². The van der Waals surface area contributed by atoms with E-state index in [1.165, 1.54) is 16.3 Å². The molecule has 0 bridgehead atoms. The van der Waals surface area contributed by atoms with E-state index >= 15 is 0 Å². The lowest BCUT2D eigenvalue weighted by Crippen LogP contribution is -2.36. The van der Waals surface area contributed by atoms with Crippen LogP contribution < -0.4 is 0 Å². The molecule has 1 saturated heterocycles. The first kappa shape index (κ1) is 20.4. The Labute approximate surface area is 187 Å². The van der Waals surface area contributed by atoms with Gasteiger partial charge in [-0.1, -0.05) is 30.3 Å². The van der Waals surface area contributed by atoms with Crippen molar-refractivity contribution in [2.24, 2.45) is 5.92 Å². The summed E-state index contributed by atoms with van der Waals surface area (Å²) >= 11 is 0. The van der Waals surface area contributed by atoms with E-state index in [1.807, 2.05) is 58.4 Å². The summed E-state index contributed by atoms with van der Waals surface area (Å²) in [6, 6.07) is 16.3. The number of rotatable bonds is 5. The molecule has 0 aliphatic carbocycles. The zero-order chi connectivity index (χ0) is 21.8. The third-order valence-electron chi connectivity index (χ3n) is 6.01. The van der Waals surface area contributed by atoms with E-state index in [1.54, 1.807) is 12.5 Å². The minimum Gasteiger partial charge on any atom is -0.379 e. The number of aromatic nitrogens is 3. The number of ether oxygens (including phenoxy) is 1. The van der Waals surface area contributed by atoms with Gasteiger partial charge in [-0.15, -0.1) is 0 Å². The fourth-order valence-electron chi connectivity index (χ4n) is 4.43. The van der Waals surface area contributed by atoms with E-state index < -0.39 is 0 Å². The van der Waals surface area contributed by atoms with Gasteiger partial charge in [-0.2, -0.15) is 0 Å². The van der Waals surface area contributed by atoms with Crippen LogP contribution >= 0.6 is 0 Å². The van der Waals surface area contributed by atoms with Crippen LogP contribution in [0.2, 0.25) is 0 Å². The number of carbonyl (C=O) groups is 1. The molecule has 1 aliphatic rings. The molecule has 6 nitrogen and oxygen atoms in total. The average Bonchev–Trinajstić information content (AvgIpc) is 3.22. The normalized spacial score (nSPS) is 16.8. The smallest absolute Gasteiger partial charge is 0.253 e. The maximum atomic E-state index is 13.4. The number of hydrogen-bond acceptors (Lipinski definition) is 4. The Hall–Kier alpha value is -3.51. The van der Waals surface area contributed by atoms with Gasteiger partial charge >= 0.3 is 0 Å². The van der Waals surface area contributed by atoms with Crippen LogP contribution in [0.15, 0.2) is 79.6 Å². The molecule has 1 atom stereocenters. The molecule has 0 saturated carbocycles. The van der Waals surface area contributed by atoms with Crippen molar-refractivity contribution in [3.05, 3.63) is 96.3 Å². The zero-order valence-corrected chi connectivity index (χ0v) is 17.9. The van der Waals surface area contributed by atoms with Crippen molar-refractivity contribution in [2.75, 3.05) is 26.3 Å². The number of hydrogen-bond donors (Lipinski definition) is 0. The monoisotopic (exact) mass is 426 g/mol. The lowest BCUT2D eigenvalue weighted by Gasteiger charge is -2.24. The highest BCUT2D eigenvalue weighted by atomic mass is 16.5. The van der Waals surface area contributed by atoms with E-state index in [-0.39, 0.29) is 11.8 Å². The fourth-order valence-corrected chi connectivity index (χ4v) is 4.43. The van der Waals surface area contributed by atoms with Crippen LogP contribution in [0.3, 0.4) is 0 Å². The third kappa shape index (κ3) is 4.55. The van der Waals surface area contributed by atoms with Gasteiger partial charge in [-0.3, -0.25) is 9.78 Å². The predicted molar refractivity (Wildman–Crippen MR) is 123 cm³/mol. The first-order valence-electron chi connectivity index (χ1n) is 11.0. The molecular weight excluding hydrogens is 400 g/mol. The SMILES string of the molecule is O=C(c1cccc(Cn2ccnc2)c1)N1CCOC[C@@H](Cc2cccc3ccncc23)C1. The Bertz CT molecular complexity index is 1200. The van der Waals surface area contributed by atoms with Crippen LogP contribution in [0, 0.1) is 5.92 Å². The Morgan fingerprint density at radius 2 is 2.03 bits per heavy atom. The molecule has 1 fully saturated rings. The molecule has 5 rings (SSSR count). The van der Waals surface area contributed by atoms with Crippen molar-refractivity contribution in [3.63, 3.8) is 0 Å². The molecule has 0 radical (unpaired) electrons. The van der Waals surface area contributed by atoms with E-state index in [0.29, 0.717) is 32.8 Å². The number of benzene rings is 2. The van der Waals surface area contributed by atoms with Gasteiger partial charge < -0.3 is 14.2 Å². The van der Waals surface area contributed by atoms with E-state index in [0.717, 1.165) is 17.5 Å². The van der Waals surface area contributed by atoms with Crippen molar-refractivity contribution in [1.82, 2.24) is 19.4 Å². The molecule has 6 heteroatoms. The molecule has 4 aromatic rings. The number of fused-ring (bicyclic) bond motifs is 1. The topological polar surface area (TPSA) is 60.2 Å². The standard InChI is InChI=1S/C26H26N4O2/c31-26(24-6-1-3-20(13-24)16-29-10-9-28-19-29)30-11-12-32-18-21(17-30)14-23-5-2-4-22-7-8-27-15-25(22)23/h1-10,13,15,19,21H,11-12,14,16-18H2/t21-/m0/s1. The summed E-state index contributed by atoms with van der Waals surface area (Å²) < 4.78 is 7.88. The molecule has 1 amide bonds. The Kier molecular flexibility index (Phi) is 5.94. The van der Waals surface area contributed by atoms with Gasteiger partial charge in [-0.05, 0) is 41.1 Å². The minimum absolute atomic E-state index is 0.0626. The molecule has 1 aliphatic heterocycles. The quantitative estimate of drug-likeness (QED) is 0.487. The van der Waals surface area contributed by atoms with E-state index in [2.05, 4.69) is 28.2 Å². The molecular formula is C26H26N4O2. The molecule has 162 valence electrons. The van der Waals surface area contributed by atoms with Crippen molar-refractivity contribution in [3.8, 4) is 0 Å². The highest BCUT2D eigenvalue weighted by Crippen LogP contribution is 2.23. The maximum absolute atomic E-state index is 13.4. The lowest BCUT2D eigenvalue weighted by molar-refractivity contribution is 0.0737. The Balaban J connectivity index is 1.32. The van der Waals surface area contributed by atoms with Crippen LogP contribution in [0.4, 0.5) is 0 Å². The van der Waals surface area contributed by atoms with Gasteiger partial charge in [0.1, 0.15) is 0 Å². The molecule has 32 heavy (non-hydrogen) atoms. The van der Waals surface area contributed by atoms with Crippen molar-refractivity contribution in [1.29, 1.82) is 0 Å². The van der Waals surface area contributed by atoms with Crippen molar-refractivity contribution in [2.45, 2.75) is 13.0 Å². The summed E-state index contributed by atoms with van der Waals surface area (Å²) in [5.74, 6) is 0.300. The van der Waals surface area contributed by atoms with Crippen LogP contribution in [0.25, 0.3) is 10.8 Å². The summed E-state index contributed by atoms with van der Waals surface area (Å²) in [4.78, 5) is 23.7. The summed E-state index contributed by atoms with van der Waals surface area (Å²) in [6.07, 6.45) is 10.1. The molecule has 0 unspecified atom stereocenters. The number of pyridine rings is 1. The van der Waals surface area contributed by atoms with Gasteiger partial charge in [0.05, 0.1) is 19.5 Å². The maximum Gasteiger partial charge on any atom is 0.253 e. The minimum atomic E-state index is 0.0626. The number of imidazole rings is 1. The molecule has 0 spiro atoms. The number of amides is 1. The zero-order valence-electron chi connectivity index (χ0n) is 17.9. The molecule has 2 aromatic heterocycles. The molecule has 3 heterocycles. The van der Waals surface area contributed by atoms with E-state index in [4.69, 9.17) is 4.74 Å². The lowest BCUT2D eigenvalue weighted by atomic mass is 9.95. The van der Waals surface area contributed by atoms with Crippen LogP contribution in [-0.4, -0.2) is 51.6 Å². The Morgan fingerprint density at radius 3 is 2.94 bits per heavy atom. The Morgan fingerprint density at radius 1 is 1.09 bits per heavy atom. The second-order valence-electron chi connectivity index (χ2n) is 8.35. The average molecular weight is 427 g/mol. The van der Waals surface area contributed by atoms with Crippen molar-refractivity contribution >= 4 is 16.7 Å². The van der Waals surface area contributed by atoms with Gasteiger partial charge in [0.2, 0.25) is 0 Å². The number of nitrogens with zero attached hydrogens (tertiary/aromatic N) is 4. The summed E-state index contributed by atoms with van der Waals surface area (Å²) in [6.45, 7) is 3.20. The largest absolute Gasteiger partial charge is 0.379 e. The summed E-state index contributed by atoms with van der Waals surface area (Å²) in [5.41, 5.74) is 3.05. The first-order valence-corrected chi connectivity index (χ1v) is 11.0. The van der Waals surface area contributed by atoms with Gasteiger partial charge in [0, 0.05) is 61.3 Å². The third-order valence-corrected chi connectivity index (χ3v) is 6.01. The number of carbonyl (C=O) groups excluding carboxylic acids is 1. The van der Waals surface area contributed by atoms with E-state index in [9.17, 15) is 4.79 Å². The van der Waals surface area contributed by atoms with Gasteiger partial charge in [-0.25, -0.2) is 4.98 Å². The van der Waals surface area contributed by atoms with Crippen LogP contribution in [0.1, 0.15) is 21.5 Å². The summed E-state index contributed by atoms with van der Waals surface area (Å²) in [5, 5.41) is 2.36. The second-order valence-corrected chi connectivity index (χ2v) is 8.35. The molecule has 2 aromatic carbocycles. The second kappa shape index (κ2) is 9.32. The van der Waals surface area contributed by atoms with Crippen LogP contribution in [0.5, 0.6) is 0 Å². The predicted octanol–water partition coefficient (Wildman–Crippen LogP) is 3.81. The summed E-state index contributed by atoms with van der Waals surface area (Å²) in [7, 11) is 0.